The first-order chi connectivity index (χ1) is 10.5. The number of hydrogen-bond donors (Lipinski definition) is 1. The van der Waals surface area contributed by atoms with Crippen molar-refractivity contribution in [3.05, 3.63) is 35.9 Å². The van der Waals surface area contributed by atoms with Crippen LogP contribution in [0.1, 0.15) is 24.9 Å². The van der Waals surface area contributed by atoms with Crippen molar-refractivity contribution in [1.82, 2.24) is 15.1 Å². The Hall–Kier alpha value is -2.70. The summed E-state index contributed by atoms with van der Waals surface area (Å²) >= 11 is 0. The Kier molecular flexibility index (Phi) is 4.88. The molecule has 1 aromatic rings. The van der Waals surface area contributed by atoms with E-state index in [1.54, 1.807) is 36.6 Å². The van der Waals surface area contributed by atoms with Crippen LogP contribution in [0.3, 0.4) is 0 Å². The topological polar surface area (TPSA) is 86.8 Å². The van der Waals surface area contributed by atoms with Crippen LogP contribution in [0, 0.1) is 0 Å². The number of imide groups is 2. The Bertz CT molecular complexity index is 588. The number of carbonyl (C=O) groups is 3. The highest BCUT2D eigenvalue weighted by Gasteiger charge is 2.33. The smallest absolute Gasteiger partial charge is 0.323 e. The molecular weight excluding hydrogens is 286 g/mol. The van der Waals surface area contributed by atoms with Gasteiger partial charge in [-0.3, -0.25) is 14.5 Å². The van der Waals surface area contributed by atoms with E-state index >= 15 is 0 Å². The van der Waals surface area contributed by atoms with Gasteiger partial charge in [0.15, 0.2) is 0 Å². The number of benzene rings is 1. The molecule has 1 saturated heterocycles. The molecule has 0 aliphatic carbocycles. The average molecular weight is 302 g/mol. The Morgan fingerprint density at radius 2 is 1.82 bits per heavy atom. The summed E-state index contributed by atoms with van der Waals surface area (Å²) in [5.74, 6) is -0.413. The van der Waals surface area contributed by atoms with Crippen LogP contribution in [0.4, 0.5) is 9.59 Å². The Morgan fingerprint density at radius 3 is 2.41 bits per heavy atom. The third-order valence-corrected chi connectivity index (χ3v) is 3.37. The Labute approximate surface area is 127 Å². The molecule has 2 rings (SSSR count). The number of nitrogens with zero attached hydrogens (tertiary/aromatic N) is 2. The number of rotatable bonds is 3. The maximum Gasteiger partial charge on any atom is 0.334 e. The highest BCUT2D eigenvalue weighted by atomic mass is 16.2. The van der Waals surface area contributed by atoms with Gasteiger partial charge in [-0.15, -0.1) is 0 Å². The molecule has 1 radical (unpaired) electrons. The predicted octanol–water partition coefficient (Wildman–Crippen LogP) is 1.22. The minimum Gasteiger partial charge on any atom is -0.323 e. The zero-order valence-electron chi connectivity index (χ0n) is 12.1. The number of urea groups is 2. The van der Waals surface area contributed by atoms with Gasteiger partial charge in [0.05, 0.1) is 0 Å². The number of hydrogen-bond acceptors (Lipinski definition) is 4. The fraction of sp³-hybridized carbons (Fsp3) is 0.333. The molecule has 1 unspecified atom stereocenters. The molecule has 1 atom stereocenters. The second-order valence-electron chi connectivity index (χ2n) is 4.87. The minimum atomic E-state index is -0.964. The lowest BCUT2D eigenvalue weighted by molar-refractivity contribution is -0.126. The minimum absolute atomic E-state index is 0.203. The van der Waals surface area contributed by atoms with Crippen LogP contribution in [0.25, 0.3) is 0 Å². The van der Waals surface area contributed by atoms with Crippen molar-refractivity contribution in [1.29, 1.82) is 0 Å². The molecule has 5 amide bonds. The summed E-state index contributed by atoms with van der Waals surface area (Å²) in [6.45, 7) is 1.76. The summed E-state index contributed by atoms with van der Waals surface area (Å²) in [5, 5.41) is 2.45. The first-order valence-corrected chi connectivity index (χ1v) is 6.87. The summed E-state index contributed by atoms with van der Waals surface area (Å²) in [7, 11) is 0. The summed E-state index contributed by atoms with van der Waals surface area (Å²) < 4.78 is 0. The van der Waals surface area contributed by atoms with Gasteiger partial charge in [0.25, 0.3) is 0 Å². The Morgan fingerprint density at radius 1 is 1.18 bits per heavy atom. The van der Waals surface area contributed by atoms with Gasteiger partial charge in [-0.25, -0.2) is 14.5 Å². The van der Waals surface area contributed by atoms with Crippen molar-refractivity contribution < 1.29 is 19.2 Å². The molecule has 7 heteroatoms. The fourth-order valence-corrected chi connectivity index (χ4v) is 2.23. The molecule has 0 bridgehead atoms. The van der Waals surface area contributed by atoms with E-state index in [1.165, 1.54) is 6.92 Å². The van der Waals surface area contributed by atoms with Crippen molar-refractivity contribution in [2.24, 2.45) is 0 Å². The SMILES string of the molecule is CC(=O)N1CCCN(C(=O)NC([C]=O)c2ccccc2)C1=O. The number of nitrogens with one attached hydrogen (secondary N) is 1. The van der Waals surface area contributed by atoms with Gasteiger partial charge in [0, 0.05) is 20.0 Å². The maximum atomic E-state index is 12.2. The largest absolute Gasteiger partial charge is 0.334 e. The van der Waals surface area contributed by atoms with E-state index in [-0.39, 0.29) is 6.54 Å². The third kappa shape index (κ3) is 3.30. The predicted molar refractivity (Wildman–Crippen MR) is 77.5 cm³/mol. The van der Waals surface area contributed by atoms with Gasteiger partial charge in [0.2, 0.25) is 12.2 Å². The van der Waals surface area contributed by atoms with Crippen LogP contribution in [0.5, 0.6) is 0 Å². The summed E-state index contributed by atoms with van der Waals surface area (Å²) in [5.41, 5.74) is 0.568. The zero-order chi connectivity index (χ0) is 16.1. The van der Waals surface area contributed by atoms with Crippen LogP contribution in [-0.2, 0) is 9.59 Å². The second kappa shape index (κ2) is 6.84. The highest BCUT2D eigenvalue weighted by molar-refractivity contribution is 6.02. The third-order valence-electron chi connectivity index (χ3n) is 3.37. The molecule has 1 N–H and O–H groups in total. The van der Waals surface area contributed by atoms with Gasteiger partial charge in [0.1, 0.15) is 6.04 Å². The normalized spacial score (nSPS) is 16.1. The van der Waals surface area contributed by atoms with E-state index in [0.717, 1.165) is 9.80 Å². The van der Waals surface area contributed by atoms with E-state index in [9.17, 15) is 19.2 Å². The van der Waals surface area contributed by atoms with Gasteiger partial charge < -0.3 is 5.32 Å². The monoisotopic (exact) mass is 302 g/mol. The molecule has 1 fully saturated rings. The first-order valence-electron chi connectivity index (χ1n) is 6.87. The second-order valence-corrected chi connectivity index (χ2v) is 4.87. The van der Waals surface area contributed by atoms with Gasteiger partial charge in [-0.05, 0) is 12.0 Å². The summed E-state index contributed by atoms with van der Waals surface area (Å²) in [6.07, 6.45) is 2.24. The number of amides is 5. The molecule has 1 aromatic carbocycles. The standard InChI is InChI=1S/C15H16N3O4/c1-11(20)17-8-5-9-18(15(17)22)14(21)16-13(10-19)12-6-3-2-4-7-12/h2-4,6-7,13H,5,8-9H2,1H3,(H,16,21). The van der Waals surface area contributed by atoms with Gasteiger partial charge >= 0.3 is 12.1 Å². The van der Waals surface area contributed by atoms with Gasteiger partial charge in [-0.1, -0.05) is 30.3 Å². The van der Waals surface area contributed by atoms with Crippen LogP contribution in [-0.4, -0.2) is 47.1 Å². The van der Waals surface area contributed by atoms with E-state index < -0.39 is 24.0 Å². The van der Waals surface area contributed by atoms with Crippen molar-refractivity contribution in [2.75, 3.05) is 13.1 Å². The van der Waals surface area contributed by atoms with Crippen LogP contribution >= 0.6 is 0 Å². The lowest BCUT2D eigenvalue weighted by Crippen LogP contribution is -2.56. The Balaban J connectivity index is 2.09. The molecular formula is C15H16N3O4. The van der Waals surface area contributed by atoms with Crippen molar-refractivity contribution in [3.63, 3.8) is 0 Å². The van der Waals surface area contributed by atoms with Crippen molar-refractivity contribution >= 4 is 24.3 Å². The van der Waals surface area contributed by atoms with Crippen LogP contribution < -0.4 is 5.32 Å². The lowest BCUT2D eigenvalue weighted by Gasteiger charge is -2.32. The lowest BCUT2D eigenvalue weighted by atomic mass is 10.1. The molecule has 0 spiro atoms. The highest BCUT2D eigenvalue weighted by Crippen LogP contribution is 2.13. The average Bonchev–Trinajstić information content (AvgIpc) is 2.53. The van der Waals surface area contributed by atoms with Crippen LogP contribution in [0.15, 0.2) is 30.3 Å². The maximum absolute atomic E-state index is 12.2. The van der Waals surface area contributed by atoms with E-state index in [0.29, 0.717) is 18.5 Å². The first kappa shape index (κ1) is 15.7. The molecule has 22 heavy (non-hydrogen) atoms. The van der Waals surface area contributed by atoms with Gasteiger partial charge in [-0.2, -0.15) is 0 Å². The van der Waals surface area contributed by atoms with E-state index in [1.807, 2.05) is 0 Å². The molecule has 7 nitrogen and oxygen atoms in total. The van der Waals surface area contributed by atoms with Crippen molar-refractivity contribution in [2.45, 2.75) is 19.4 Å². The van der Waals surface area contributed by atoms with Crippen molar-refractivity contribution in [3.8, 4) is 0 Å². The molecule has 115 valence electrons. The summed E-state index contributed by atoms with van der Waals surface area (Å²) in [6, 6.07) is 6.25. The molecule has 1 aliphatic rings. The molecule has 0 aromatic heterocycles. The fourth-order valence-electron chi connectivity index (χ4n) is 2.23. The van der Waals surface area contributed by atoms with E-state index in [2.05, 4.69) is 5.32 Å². The van der Waals surface area contributed by atoms with Crippen LogP contribution in [0.2, 0.25) is 0 Å². The molecule has 0 saturated carbocycles. The summed E-state index contributed by atoms with van der Waals surface area (Å²) in [4.78, 5) is 48.6. The quantitative estimate of drug-likeness (QED) is 0.909. The molecule has 1 heterocycles. The zero-order valence-corrected chi connectivity index (χ0v) is 12.1. The van der Waals surface area contributed by atoms with E-state index in [4.69, 9.17) is 0 Å². The number of carbonyl (C=O) groups excluding carboxylic acids is 4. The molecule has 1 aliphatic heterocycles.